The van der Waals surface area contributed by atoms with Gasteiger partial charge in [0.25, 0.3) is 0 Å². The fourth-order valence-electron chi connectivity index (χ4n) is 2.91. The van der Waals surface area contributed by atoms with Crippen LogP contribution >= 0.6 is 11.3 Å². The van der Waals surface area contributed by atoms with Gasteiger partial charge in [0.15, 0.2) is 17.3 Å². The van der Waals surface area contributed by atoms with Crippen molar-refractivity contribution < 1.29 is 19.1 Å². The van der Waals surface area contributed by atoms with Crippen molar-refractivity contribution in [1.29, 1.82) is 0 Å². The predicted molar refractivity (Wildman–Crippen MR) is 118 cm³/mol. The van der Waals surface area contributed by atoms with Crippen molar-refractivity contribution in [3.63, 3.8) is 0 Å². The summed E-state index contributed by atoms with van der Waals surface area (Å²) in [6.07, 6.45) is 3.65. The van der Waals surface area contributed by atoms with Crippen LogP contribution in [0.15, 0.2) is 47.1 Å². The second-order valence-electron chi connectivity index (χ2n) is 6.48. The summed E-state index contributed by atoms with van der Waals surface area (Å²) in [7, 11) is 1.52. The lowest BCUT2D eigenvalue weighted by Gasteiger charge is -2.10. The minimum absolute atomic E-state index is 0.0411. The molecule has 0 saturated heterocycles. The lowest BCUT2D eigenvalue weighted by Crippen LogP contribution is -2.20. The molecular weight excluding hydrogens is 402 g/mol. The Hall–Kier alpha value is -3.26. The minimum atomic E-state index is -0.318. The van der Waals surface area contributed by atoms with E-state index in [1.165, 1.54) is 7.11 Å². The predicted octanol–water partition coefficient (Wildman–Crippen LogP) is 4.21. The zero-order chi connectivity index (χ0) is 21.5. The van der Waals surface area contributed by atoms with Crippen molar-refractivity contribution in [2.45, 2.75) is 26.7 Å². The average molecular weight is 426 g/mol. The summed E-state index contributed by atoms with van der Waals surface area (Å²) in [5.74, 6) is 0.603. The third kappa shape index (κ3) is 5.01. The first kappa shape index (κ1) is 21.4. The number of rotatable bonds is 9. The SMILES string of the molecule is CCOc1ccc(C(=O)CCC(=O)N/N=C(\C)c2csc3cnccc23)cc1OC. The number of hydrogen-bond acceptors (Lipinski definition) is 7. The first-order valence-corrected chi connectivity index (χ1v) is 10.4. The van der Waals surface area contributed by atoms with E-state index in [2.05, 4.69) is 15.5 Å². The van der Waals surface area contributed by atoms with Gasteiger partial charge in [0.05, 0.1) is 24.1 Å². The number of ether oxygens (including phenoxy) is 2. The van der Waals surface area contributed by atoms with Gasteiger partial charge < -0.3 is 9.47 Å². The van der Waals surface area contributed by atoms with E-state index >= 15 is 0 Å². The summed E-state index contributed by atoms with van der Waals surface area (Å²) in [4.78, 5) is 28.7. The van der Waals surface area contributed by atoms with Crippen LogP contribution in [0.2, 0.25) is 0 Å². The van der Waals surface area contributed by atoms with Crippen molar-refractivity contribution in [2.75, 3.05) is 13.7 Å². The van der Waals surface area contributed by atoms with Crippen LogP contribution in [0.25, 0.3) is 10.1 Å². The molecule has 3 aromatic rings. The summed E-state index contributed by atoms with van der Waals surface area (Å²) in [6.45, 7) is 4.21. The van der Waals surface area contributed by atoms with Gasteiger partial charge in [0, 0.05) is 47.1 Å². The van der Waals surface area contributed by atoms with Crippen molar-refractivity contribution >= 4 is 38.8 Å². The molecule has 0 aliphatic heterocycles. The zero-order valence-corrected chi connectivity index (χ0v) is 17.9. The third-order valence-electron chi connectivity index (χ3n) is 4.48. The van der Waals surface area contributed by atoms with Crippen molar-refractivity contribution in [1.82, 2.24) is 10.4 Å². The number of hydrogen-bond donors (Lipinski definition) is 1. The molecule has 0 radical (unpaired) electrons. The fraction of sp³-hybridized carbons (Fsp3) is 0.273. The van der Waals surface area contributed by atoms with Gasteiger partial charge in [0.2, 0.25) is 5.91 Å². The molecule has 156 valence electrons. The molecule has 3 rings (SSSR count). The Labute approximate surface area is 178 Å². The highest BCUT2D eigenvalue weighted by Gasteiger charge is 2.13. The molecular formula is C22H23N3O4S. The molecule has 0 spiro atoms. The number of aromatic nitrogens is 1. The van der Waals surface area contributed by atoms with Crippen LogP contribution in [0.3, 0.4) is 0 Å². The van der Waals surface area contributed by atoms with E-state index in [0.29, 0.717) is 29.4 Å². The molecule has 0 aliphatic carbocycles. The molecule has 0 saturated carbocycles. The minimum Gasteiger partial charge on any atom is -0.493 e. The van der Waals surface area contributed by atoms with Crippen LogP contribution in [0.4, 0.5) is 0 Å². The second-order valence-corrected chi connectivity index (χ2v) is 7.39. The monoisotopic (exact) mass is 425 g/mol. The van der Waals surface area contributed by atoms with Crippen LogP contribution in [-0.4, -0.2) is 36.1 Å². The third-order valence-corrected chi connectivity index (χ3v) is 5.41. The lowest BCUT2D eigenvalue weighted by molar-refractivity contribution is -0.121. The molecule has 30 heavy (non-hydrogen) atoms. The number of thiophene rings is 1. The van der Waals surface area contributed by atoms with Crippen LogP contribution in [0.1, 0.15) is 42.6 Å². The normalized spacial score (nSPS) is 11.4. The molecule has 2 heterocycles. The highest BCUT2D eigenvalue weighted by atomic mass is 32.1. The molecule has 7 nitrogen and oxygen atoms in total. The summed E-state index contributed by atoms with van der Waals surface area (Å²) < 4.78 is 11.8. The Kier molecular flexibility index (Phi) is 7.13. The number of Topliss-reactive ketones (excluding diaryl/α,β-unsaturated/α-hetero) is 1. The van der Waals surface area contributed by atoms with Gasteiger partial charge in [-0.25, -0.2) is 5.43 Å². The number of hydrazone groups is 1. The average Bonchev–Trinajstić information content (AvgIpc) is 3.20. The highest BCUT2D eigenvalue weighted by Crippen LogP contribution is 2.28. The maximum atomic E-state index is 12.4. The van der Waals surface area contributed by atoms with Gasteiger partial charge in [-0.1, -0.05) is 0 Å². The Bertz CT molecular complexity index is 1090. The molecule has 0 fully saturated rings. The number of ketones is 1. The molecule has 0 unspecified atom stereocenters. The smallest absolute Gasteiger partial charge is 0.240 e. The second kappa shape index (κ2) is 9.98. The van der Waals surface area contributed by atoms with E-state index in [1.54, 1.807) is 41.9 Å². The van der Waals surface area contributed by atoms with Crippen LogP contribution in [0, 0.1) is 0 Å². The molecule has 0 bridgehead atoms. The summed E-state index contributed by atoms with van der Waals surface area (Å²) in [5.41, 5.74) is 4.66. The van der Waals surface area contributed by atoms with Gasteiger partial charge in [-0.3, -0.25) is 14.6 Å². The summed E-state index contributed by atoms with van der Waals surface area (Å²) in [5, 5.41) is 7.22. The van der Waals surface area contributed by atoms with Crippen molar-refractivity contribution in [2.24, 2.45) is 5.10 Å². The number of carbonyl (C=O) groups excluding carboxylic acids is 2. The molecule has 1 amide bonds. The van der Waals surface area contributed by atoms with E-state index < -0.39 is 0 Å². The number of nitrogens with zero attached hydrogens (tertiary/aromatic N) is 2. The van der Waals surface area contributed by atoms with Crippen molar-refractivity contribution in [3.05, 3.63) is 53.2 Å². The maximum Gasteiger partial charge on any atom is 0.240 e. The molecule has 0 aliphatic rings. The number of methoxy groups -OCH3 is 1. The first-order valence-electron chi connectivity index (χ1n) is 9.52. The highest BCUT2D eigenvalue weighted by molar-refractivity contribution is 7.17. The Balaban J connectivity index is 1.57. The van der Waals surface area contributed by atoms with E-state index in [9.17, 15) is 9.59 Å². The van der Waals surface area contributed by atoms with E-state index in [0.717, 1.165) is 15.6 Å². The van der Waals surface area contributed by atoms with Gasteiger partial charge in [-0.15, -0.1) is 11.3 Å². The number of carbonyl (C=O) groups is 2. The van der Waals surface area contributed by atoms with Gasteiger partial charge in [0.1, 0.15) is 0 Å². The fourth-order valence-corrected chi connectivity index (χ4v) is 3.88. The van der Waals surface area contributed by atoms with E-state index in [-0.39, 0.29) is 24.5 Å². The maximum absolute atomic E-state index is 12.4. The van der Waals surface area contributed by atoms with Crippen LogP contribution in [-0.2, 0) is 4.79 Å². The zero-order valence-electron chi connectivity index (χ0n) is 17.1. The van der Waals surface area contributed by atoms with E-state index in [1.807, 2.05) is 25.3 Å². The topological polar surface area (TPSA) is 89.9 Å². The molecule has 1 aromatic carbocycles. The van der Waals surface area contributed by atoms with Gasteiger partial charge in [-0.2, -0.15) is 5.10 Å². The lowest BCUT2D eigenvalue weighted by atomic mass is 10.1. The number of amides is 1. The summed E-state index contributed by atoms with van der Waals surface area (Å²) >= 11 is 1.58. The van der Waals surface area contributed by atoms with Gasteiger partial charge in [-0.05, 0) is 38.1 Å². The molecule has 2 aromatic heterocycles. The number of fused-ring (bicyclic) bond motifs is 1. The summed E-state index contributed by atoms with van der Waals surface area (Å²) in [6, 6.07) is 6.92. The van der Waals surface area contributed by atoms with Crippen LogP contribution in [0.5, 0.6) is 11.5 Å². The largest absolute Gasteiger partial charge is 0.493 e. The van der Waals surface area contributed by atoms with Gasteiger partial charge >= 0.3 is 0 Å². The molecule has 0 atom stereocenters. The molecule has 8 heteroatoms. The Morgan fingerprint density at radius 1 is 1.20 bits per heavy atom. The molecule has 1 N–H and O–H groups in total. The number of benzene rings is 1. The Morgan fingerprint density at radius 3 is 2.80 bits per heavy atom. The quantitative estimate of drug-likeness (QED) is 0.315. The Morgan fingerprint density at radius 2 is 2.03 bits per heavy atom. The van der Waals surface area contributed by atoms with Crippen molar-refractivity contribution in [3.8, 4) is 11.5 Å². The standard InChI is InChI=1S/C22H23N3O4S/c1-4-29-19-7-5-15(11-20(19)28-3)18(26)6-8-22(27)25-24-14(2)17-13-30-21-12-23-10-9-16(17)21/h5,7,9-13H,4,6,8H2,1-3H3,(H,25,27)/b24-14+. The number of nitrogens with one attached hydrogen (secondary N) is 1. The first-order chi connectivity index (χ1) is 14.5. The van der Waals surface area contributed by atoms with E-state index in [4.69, 9.17) is 9.47 Å². The van der Waals surface area contributed by atoms with Crippen LogP contribution < -0.4 is 14.9 Å². The number of pyridine rings is 1.